The van der Waals surface area contributed by atoms with Gasteiger partial charge >= 0.3 is 0 Å². The van der Waals surface area contributed by atoms with Crippen molar-refractivity contribution in [1.29, 1.82) is 0 Å². The predicted octanol–water partition coefficient (Wildman–Crippen LogP) is 4.47. The molecule has 2 aromatic heterocycles. The molecule has 0 bridgehead atoms. The number of aromatic nitrogens is 2. The van der Waals surface area contributed by atoms with Gasteiger partial charge in [-0.05, 0) is 30.7 Å². The van der Waals surface area contributed by atoms with Crippen molar-refractivity contribution in [3.05, 3.63) is 59.0 Å². The fourth-order valence-corrected chi connectivity index (χ4v) is 2.26. The smallest absolute Gasteiger partial charge is 0.228 e. The van der Waals surface area contributed by atoms with Crippen LogP contribution in [0.3, 0.4) is 0 Å². The predicted molar refractivity (Wildman–Crippen MR) is 77.6 cm³/mol. The van der Waals surface area contributed by atoms with Crippen molar-refractivity contribution in [2.75, 3.05) is 0 Å². The number of aryl methyl sites for hydroxylation is 1. The second-order valence-electron chi connectivity index (χ2n) is 4.24. The maximum absolute atomic E-state index is 5.56. The van der Waals surface area contributed by atoms with E-state index in [1.165, 1.54) is 0 Å². The molecule has 94 valence electrons. The minimum absolute atomic E-state index is 0.598. The first-order chi connectivity index (χ1) is 9.24. The van der Waals surface area contributed by atoms with Crippen molar-refractivity contribution in [3.63, 3.8) is 0 Å². The molecule has 0 spiro atoms. The Hall–Kier alpha value is -1.94. The van der Waals surface area contributed by atoms with Crippen LogP contribution in [0, 0.1) is 6.92 Å². The van der Waals surface area contributed by atoms with E-state index in [-0.39, 0.29) is 0 Å². The van der Waals surface area contributed by atoms with Crippen LogP contribution in [0.4, 0.5) is 0 Å². The number of oxazole rings is 1. The molecule has 0 aliphatic heterocycles. The molecule has 0 saturated carbocycles. The summed E-state index contributed by atoms with van der Waals surface area (Å²) in [5.41, 5.74) is 3.85. The van der Waals surface area contributed by atoms with Gasteiger partial charge < -0.3 is 4.42 Å². The minimum Gasteiger partial charge on any atom is -0.444 e. The van der Waals surface area contributed by atoms with Gasteiger partial charge in [0.2, 0.25) is 5.89 Å². The summed E-state index contributed by atoms with van der Waals surface area (Å²) >= 11 is 3.45. The molecule has 0 aliphatic carbocycles. The van der Waals surface area contributed by atoms with E-state index in [4.69, 9.17) is 4.42 Å². The number of hydrogen-bond acceptors (Lipinski definition) is 3. The monoisotopic (exact) mass is 314 g/mol. The van der Waals surface area contributed by atoms with Crippen LogP contribution in [-0.4, -0.2) is 9.97 Å². The van der Waals surface area contributed by atoms with Crippen LogP contribution in [0.15, 0.2) is 57.9 Å². The zero-order chi connectivity index (χ0) is 13.2. The molecule has 0 aliphatic rings. The highest BCUT2D eigenvalue weighted by Crippen LogP contribution is 2.27. The largest absolute Gasteiger partial charge is 0.444 e. The molecule has 0 saturated heterocycles. The Kier molecular flexibility index (Phi) is 3.17. The number of nitrogens with zero attached hydrogens (tertiary/aromatic N) is 2. The first-order valence-corrected chi connectivity index (χ1v) is 6.66. The van der Waals surface area contributed by atoms with Gasteiger partial charge in [-0.2, -0.15) is 0 Å². The van der Waals surface area contributed by atoms with E-state index in [9.17, 15) is 0 Å². The number of hydrogen-bond donors (Lipinski definition) is 0. The fraction of sp³-hybridized carbons (Fsp3) is 0.0667. The summed E-state index contributed by atoms with van der Waals surface area (Å²) in [4.78, 5) is 8.64. The summed E-state index contributed by atoms with van der Waals surface area (Å²) in [7, 11) is 0. The molecule has 2 heterocycles. The van der Waals surface area contributed by atoms with Crippen LogP contribution in [0.5, 0.6) is 0 Å². The Labute approximate surface area is 119 Å². The van der Waals surface area contributed by atoms with Gasteiger partial charge in [-0.15, -0.1) is 0 Å². The molecule has 0 radical (unpaired) electrons. The van der Waals surface area contributed by atoms with Gasteiger partial charge in [-0.3, -0.25) is 4.98 Å². The molecule has 0 unspecified atom stereocenters. The van der Waals surface area contributed by atoms with Crippen LogP contribution in [-0.2, 0) is 0 Å². The Morgan fingerprint density at radius 1 is 1.21 bits per heavy atom. The molecule has 0 N–H and O–H groups in total. The van der Waals surface area contributed by atoms with E-state index in [1.54, 1.807) is 18.7 Å². The topological polar surface area (TPSA) is 38.9 Å². The molecule has 3 aromatic rings. The maximum Gasteiger partial charge on any atom is 0.228 e. The van der Waals surface area contributed by atoms with E-state index in [2.05, 4.69) is 25.9 Å². The average molecular weight is 315 g/mol. The first kappa shape index (κ1) is 12.1. The normalized spacial score (nSPS) is 10.6. The summed E-state index contributed by atoms with van der Waals surface area (Å²) in [6.45, 7) is 2.01. The molecule has 4 heteroatoms. The standard InChI is InChI=1S/C15H11BrN2O/c1-10-5-6-17-8-13(10)15-18-14(9-19-15)11-3-2-4-12(16)7-11/h2-9H,1H3. The van der Waals surface area contributed by atoms with Crippen LogP contribution in [0.1, 0.15) is 5.56 Å². The van der Waals surface area contributed by atoms with Crippen molar-refractivity contribution in [3.8, 4) is 22.7 Å². The molecule has 0 amide bonds. The fourth-order valence-electron chi connectivity index (χ4n) is 1.87. The van der Waals surface area contributed by atoms with Crippen LogP contribution in [0.2, 0.25) is 0 Å². The molecule has 1 aromatic carbocycles. The molecular formula is C15H11BrN2O. The maximum atomic E-state index is 5.56. The van der Waals surface area contributed by atoms with Crippen molar-refractivity contribution in [2.24, 2.45) is 0 Å². The number of rotatable bonds is 2. The van der Waals surface area contributed by atoms with E-state index in [0.717, 1.165) is 26.9 Å². The van der Waals surface area contributed by atoms with Gasteiger partial charge in [0.25, 0.3) is 0 Å². The highest BCUT2D eigenvalue weighted by atomic mass is 79.9. The van der Waals surface area contributed by atoms with Crippen LogP contribution < -0.4 is 0 Å². The third-order valence-corrected chi connectivity index (χ3v) is 3.39. The molecule has 0 atom stereocenters. The summed E-state index contributed by atoms with van der Waals surface area (Å²) in [5.74, 6) is 0.598. The number of halogens is 1. The SMILES string of the molecule is Cc1ccncc1-c1nc(-c2cccc(Br)c2)co1. The highest BCUT2D eigenvalue weighted by Gasteiger charge is 2.10. The number of pyridine rings is 1. The van der Waals surface area contributed by atoms with Crippen LogP contribution in [0.25, 0.3) is 22.7 Å². The van der Waals surface area contributed by atoms with E-state index in [0.29, 0.717) is 5.89 Å². The molecule has 0 fully saturated rings. The van der Waals surface area contributed by atoms with Gasteiger partial charge in [0.05, 0.1) is 5.56 Å². The van der Waals surface area contributed by atoms with Crippen molar-refractivity contribution < 1.29 is 4.42 Å². The first-order valence-electron chi connectivity index (χ1n) is 5.86. The summed E-state index contributed by atoms with van der Waals surface area (Å²) in [6, 6.07) is 9.91. The Balaban J connectivity index is 2.03. The lowest BCUT2D eigenvalue weighted by Gasteiger charge is -1.98. The quantitative estimate of drug-likeness (QED) is 0.700. The average Bonchev–Trinajstić information content (AvgIpc) is 2.89. The molecule has 3 nitrogen and oxygen atoms in total. The van der Waals surface area contributed by atoms with Gasteiger partial charge in [-0.25, -0.2) is 4.98 Å². The van der Waals surface area contributed by atoms with E-state index < -0.39 is 0 Å². The Morgan fingerprint density at radius 2 is 2.11 bits per heavy atom. The third-order valence-electron chi connectivity index (χ3n) is 2.89. The third kappa shape index (κ3) is 2.44. The lowest BCUT2D eigenvalue weighted by Crippen LogP contribution is -1.85. The summed E-state index contributed by atoms with van der Waals surface area (Å²) in [5, 5.41) is 0. The second-order valence-corrected chi connectivity index (χ2v) is 5.15. The summed E-state index contributed by atoms with van der Waals surface area (Å²) in [6.07, 6.45) is 5.20. The minimum atomic E-state index is 0.598. The van der Waals surface area contributed by atoms with Crippen LogP contribution >= 0.6 is 15.9 Å². The Morgan fingerprint density at radius 3 is 2.89 bits per heavy atom. The zero-order valence-corrected chi connectivity index (χ0v) is 11.9. The lowest BCUT2D eigenvalue weighted by atomic mass is 10.1. The second kappa shape index (κ2) is 4.97. The number of benzene rings is 1. The van der Waals surface area contributed by atoms with Crippen molar-refractivity contribution in [1.82, 2.24) is 9.97 Å². The van der Waals surface area contributed by atoms with Gasteiger partial charge in [0.15, 0.2) is 0 Å². The van der Waals surface area contributed by atoms with Gasteiger partial charge in [-0.1, -0.05) is 28.1 Å². The van der Waals surface area contributed by atoms with Crippen molar-refractivity contribution >= 4 is 15.9 Å². The zero-order valence-electron chi connectivity index (χ0n) is 10.3. The molecule has 3 rings (SSSR count). The lowest BCUT2D eigenvalue weighted by molar-refractivity contribution is 0.574. The molecular weight excluding hydrogens is 304 g/mol. The Bertz CT molecular complexity index is 721. The van der Waals surface area contributed by atoms with E-state index in [1.807, 2.05) is 37.3 Å². The van der Waals surface area contributed by atoms with Gasteiger partial charge in [0, 0.05) is 22.4 Å². The van der Waals surface area contributed by atoms with E-state index >= 15 is 0 Å². The van der Waals surface area contributed by atoms with Crippen molar-refractivity contribution in [2.45, 2.75) is 6.92 Å². The highest BCUT2D eigenvalue weighted by molar-refractivity contribution is 9.10. The van der Waals surface area contributed by atoms with Gasteiger partial charge in [0.1, 0.15) is 12.0 Å². The summed E-state index contributed by atoms with van der Waals surface area (Å²) < 4.78 is 6.58. The molecule has 19 heavy (non-hydrogen) atoms.